The van der Waals surface area contributed by atoms with Crippen molar-refractivity contribution in [2.45, 2.75) is 6.92 Å². The molecule has 0 bridgehead atoms. The van der Waals surface area contributed by atoms with E-state index in [9.17, 15) is 14.9 Å². The number of benzene rings is 1. The van der Waals surface area contributed by atoms with Gasteiger partial charge >= 0.3 is 5.91 Å². The van der Waals surface area contributed by atoms with E-state index in [1.165, 1.54) is 31.5 Å². The van der Waals surface area contributed by atoms with Gasteiger partial charge in [-0.3, -0.25) is 14.9 Å². The molecule has 9 nitrogen and oxygen atoms in total. The maximum absolute atomic E-state index is 11.8. The minimum absolute atomic E-state index is 0.138. The maximum Gasteiger partial charge on any atom is 0.307 e. The Balaban J connectivity index is 1.75. The standard InChI is InChI=1S/C18H15N3O6/c1-11-3-7-17(26-11)18(22)20-19-10-13-5-8-16(27-13)14-6-4-12(25-2)9-15(14)21(23)24/h3-10H,1-2H3,(H,20,22)/b19-10+. The Labute approximate surface area is 153 Å². The Kier molecular flexibility index (Phi) is 5.02. The summed E-state index contributed by atoms with van der Waals surface area (Å²) in [6.45, 7) is 1.72. The number of nitrogens with one attached hydrogen (secondary N) is 1. The van der Waals surface area contributed by atoms with Crippen LogP contribution in [0.3, 0.4) is 0 Å². The van der Waals surface area contributed by atoms with E-state index in [1.807, 2.05) is 0 Å². The first-order valence-corrected chi connectivity index (χ1v) is 7.80. The third-order valence-electron chi connectivity index (χ3n) is 3.62. The van der Waals surface area contributed by atoms with Gasteiger partial charge in [-0.2, -0.15) is 5.10 Å². The van der Waals surface area contributed by atoms with Gasteiger partial charge in [0.2, 0.25) is 0 Å². The Morgan fingerprint density at radius 2 is 2.04 bits per heavy atom. The number of methoxy groups -OCH3 is 1. The first kappa shape index (κ1) is 17.9. The molecule has 2 aromatic heterocycles. The SMILES string of the molecule is COc1ccc(-c2ccc(/C=N/NC(=O)c3ccc(C)o3)o2)c([N+](=O)[O-])c1. The van der Waals surface area contributed by atoms with E-state index in [2.05, 4.69) is 10.5 Å². The number of ether oxygens (including phenoxy) is 1. The normalized spacial score (nSPS) is 10.9. The van der Waals surface area contributed by atoms with Crippen molar-refractivity contribution in [1.82, 2.24) is 5.43 Å². The second kappa shape index (κ2) is 7.56. The molecule has 0 atom stereocenters. The lowest BCUT2D eigenvalue weighted by Gasteiger charge is -2.03. The van der Waals surface area contributed by atoms with Gasteiger partial charge in [-0.25, -0.2) is 5.43 Å². The molecule has 0 saturated carbocycles. The monoisotopic (exact) mass is 369 g/mol. The number of hydrogen-bond acceptors (Lipinski definition) is 7. The Morgan fingerprint density at radius 1 is 1.22 bits per heavy atom. The van der Waals surface area contributed by atoms with Gasteiger partial charge in [-0.05, 0) is 43.3 Å². The number of rotatable bonds is 6. The molecule has 0 spiro atoms. The van der Waals surface area contributed by atoms with Crippen LogP contribution >= 0.6 is 0 Å². The predicted molar refractivity (Wildman–Crippen MR) is 95.9 cm³/mol. The molecule has 0 aliphatic heterocycles. The van der Waals surface area contributed by atoms with E-state index in [1.54, 1.807) is 31.2 Å². The Morgan fingerprint density at radius 3 is 2.70 bits per heavy atom. The molecule has 0 unspecified atom stereocenters. The summed E-state index contributed by atoms with van der Waals surface area (Å²) in [6.07, 6.45) is 1.28. The average Bonchev–Trinajstić information content (AvgIpc) is 3.30. The highest BCUT2D eigenvalue weighted by atomic mass is 16.6. The quantitative estimate of drug-likeness (QED) is 0.403. The highest BCUT2D eigenvalue weighted by Crippen LogP contribution is 2.33. The molecular formula is C18H15N3O6. The Bertz CT molecular complexity index is 1020. The van der Waals surface area contributed by atoms with Crippen LogP contribution in [0.4, 0.5) is 5.69 Å². The van der Waals surface area contributed by atoms with Crippen LogP contribution in [0.1, 0.15) is 22.1 Å². The molecule has 0 aliphatic carbocycles. The van der Waals surface area contributed by atoms with Crippen molar-refractivity contribution >= 4 is 17.8 Å². The fraction of sp³-hybridized carbons (Fsp3) is 0.111. The zero-order valence-corrected chi connectivity index (χ0v) is 14.5. The molecule has 2 heterocycles. The van der Waals surface area contributed by atoms with Gasteiger partial charge in [0, 0.05) is 0 Å². The van der Waals surface area contributed by atoms with E-state index in [0.29, 0.717) is 28.6 Å². The van der Waals surface area contributed by atoms with Crippen molar-refractivity contribution < 1.29 is 23.3 Å². The van der Waals surface area contributed by atoms with Crippen LogP contribution < -0.4 is 10.2 Å². The fourth-order valence-electron chi connectivity index (χ4n) is 2.33. The first-order valence-electron chi connectivity index (χ1n) is 7.80. The maximum atomic E-state index is 11.8. The van der Waals surface area contributed by atoms with Crippen LogP contribution in [0.2, 0.25) is 0 Å². The summed E-state index contributed by atoms with van der Waals surface area (Å²) < 4.78 is 15.7. The van der Waals surface area contributed by atoms with E-state index < -0.39 is 10.8 Å². The minimum atomic E-state index is -0.514. The smallest absolute Gasteiger partial charge is 0.307 e. The molecule has 3 rings (SSSR count). The lowest BCUT2D eigenvalue weighted by Crippen LogP contribution is -2.16. The molecule has 1 aromatic carbocycles. The Hall–Kier alpha value is -3.88. The number of carbonyl (C=O) groups is 1. The number of nitro groups is 1. The van der Waals surface area contributed by atoms with Crippen LogP contribution in [0.15, 0.2) is 56.4 Å². The third-order valence-corrected chi connectivity index (χ3v) is 3.62. The number of aryl methyl sites for hydroxylation is 1. The average molecular weight is 369 g/mol. The second-order valence-corrected chi connectivity index (χ2v) is 5.45. The van der Waals surface area contributed by atoms with Gasteiger partial charge in [-0.1, -0.05) is 0 Å². The summed E-state index contributed by atoms with van der Waals surface area (Å²) in [5.74, 6) is 1.22. The molecule has 27 heavy (non-hydrogen) atoms. The van der Waals surface area contributed by atoms with Crippen LogP contribution in [0.25, 0.3) is 11.3 Å². The van der Waals surface area contributed by atoms with Gasteiger partial charge in [0.15, 0.2) is 5.76 Å². The van der Waals surface area contributed by atoms with E-state index >= 15 is 0 Å². The van der Waals surface area contributed by atoms with Gasteiger partial charge in [-0.15, -0.1) is 0 Å². The van der Waals surface area contributed by atoms with Crippen molar-refractivity contribution in [3.63, 3.8) is 0 Å². The van der Waals surface area contributed by atoms with Crippen molar-refractivity contribution in [3.8, 4) is 17.1 Å². The zero-order valence-electron chi connectivity index (χ0n) is 14.5. The van der Waals surface area contributed by atoms with E-state index in [-0.39, 0.29) is 11.4 Å². The van der Waals surface area contributed by atoms with Crippen LogP contribution in [-0.2, 0) is 0 Å². The summed E-state index contributed by atoms with van der Waals surface area (Å²) in [6, 6.07) is 10.8. The molecule has 1 amide bonds. The van der Waals surface area contributed by atoms with Gasteiger partial charge < -0.3 is 13.6 Å². The molecule has 0 radical (unpaired) electrons. The van der Waals surface area contributed by atoms with Crippen molar-refractivity contribution in [3.05, 3.63) is 69.9 Å². The van der Waals surface area contributed by atoms with Gasteiger partial charge in [0.1, 0.15) is 23.0 Å². The lowest BCUT2D eigenvalue weighted by molar-refractivity contribution is -0.384. The molecule has 0 aliphatic rings. The summed E-state index contributed by atoms with van der Waals surface area (Å²) >= 11 is 0. The number of nitrogens with zero attached hydrogens (tertiary/aromatic N) is 2. The number of furan rings is 2. The molecule has 9 heteroatoms. The first-order chi connectivity index (χ1) is 13.0. The summed E-state index contributed by atoms with van der Waals surface area (Å²) in [5, 5.41) is 15.1. The molecule has 3 aromatic rings. The second-order valence-electron chi connectivity index (χ2n) is 5.45. The predicted octanol–water partition coefficient (Wildman–Crippen LogP) is 3.53. The summed E-state index contributed by atoms with van der Waals surface area (Å²) in [7, 11) is 1.43. The summed E-state index contributed by atoms with van der Waals surface area (Å²) in [5.41, 5.74) is 2.46. The number of carbonyl (C=O) groups excluding carboxylic acids is 1. The van der Waals surface area contributed by atoms with Crippen LogP contribution in [-0.4, -0.2) is 24.2 Å². The van der Waals surface area contributed by atoms with E-state index in [4.69, 9.17) is 13.6 Å². The molecular weight excluding hydrogens is 354 g/mol. The van der Waals surface area contributed by atoms with Crippen LogP contribution in [0.5, 0.6) is 5.75 Å². The number of nitro benzene ring substituents is 1. The van der Waals surface area contributed by atoms with Crippen molar-refractivity contribution in [1.29, 1.82) is 0 Å². The molecule has 0 fully saturated rings. The third kappa shape index (κ3) is 4.03. The lowest BCUT2D eigenvalue weighted by atomic mass is 10.1. The largest absolute Gasteiger partial charge is 0.497 e. The van der Waals surface area contributed by atoms with Gasteiger partial charge in [0.25, 0.3) is 5.69 Å². The molecule has 0 saturated heterocycles. The van der Waals surface area contributed by atoms with Crippen molar-refractivity contribution in [2.75, 3.05) is 7.11 Å². The minimum Gasteiger partial charge on any atom is -0.497 e. The zero-order chi connectivity index (χ0) is 19.4. The molecule has 138 valence electrons. The fourth-order valence-corrected chi connectivity index (χ4v) is 2.33. The van der Waals surface area contributed by atoms with Crippen molar-refractivity contribution in [2.24, 2.45) is 5.10 Å². The van der Waals surface area contributed by atoms with Crippen LogP contribution in [0, 0.1) is 17.0 Å². The number of hydrogen-bond donors (Lipinski definition) is 1. The number of amides is 1. The highest BCUT2D eigenvalue weighted by molar-refractivity contribution is 5.92. The number of hydrazone groups is 1. The topological polar surface area (TPSA) is 120 Å². The summed E-state index contributed by atoms with van der Waals surface area (Å²) in [4.78, 5) is 22.6. The highest BCUT2D eigenvalue weighted by Gasteiger charge is 2.19. The molecule has 1 N–H and O–H groups in total. The van der Waals surface area contributed by atoms with E-state index in [0.717, 1.165) is 0 Å². The van der Waals surface area contributed by atoms with Gasteiger partial charge in [0.05, 0.1) is 29.9 Å².